The summed E-state index contributed by atoms with van der Waals surface area (Å²) < 4.78 is 0. The van der Waals surface area contributed by atoms with E-state index in [-0.39, 0.29) is 5.41 Å². The Hall–Kier alpha value is -7.48. The molecule has 10 aromatic carbocycles. The van der Waals surface area contributed by atoms with Crippen LogP contribution in [0.25, 0.3) is 66.1 Å². The number of rotatable bonds is 7. The second-order valence-electron chi connectivity index (χ2n) is 15.8. The lowest BCUT2D eigenvalue weighted by atomic mass is 9.74. The van der Waals surface area contributed by atoms with Crippen LogP contribution >= 0.6 is 0 Å². The number of fused-ring (bicyclic) bond motifs is 6. The van der Waals surface area contributed by atoms with E-state index in [9.17, 15) is 0 Å². The molecular weight excluding hydrogens is 711 g/mol. The molecular formula is C58H41N. The smallest absolute Gasteiger partial charge is 0.0467 e. The zero-order valence-corrected chi connectivity index (χ0v) is 32.9. The Labute approximate surface area is 346 Å². The zero-order chi connectivity index (χ0) is 39.3. The van der Waals surface area contributed by atoms with Crippen LogP contribution in [0.4, 0.5) is 17.1 Å². The maximum Gasteiger partial charge on any atom is 0.0467 e. The molecule has 11 rings (SSSR count). The van der Waals surface area contributed by atoms with Crippen molar-refractivity contribution in [2.45, 2.75) is 12.3 Å². The topological polar surface area (TPSA) is 3.24 Å². The molecule has 0 amide bonds. The fourth-order valence-electron chi connectivity index (χ4n) is 9.73. The van der Waals surface area contributed by atoms with E-state index in [2.05, 4.69) is 242 Å². The summed E-state index contributed by atoms with van der Waals surface area (Å²) in [6.07, 6.45) is 0. The fraction of sp³-hybridized carbons (Fsp3) is 0.0345. The Morgan fingerprint density at radius 1 is 0.305 bits per heavy atom. The summed E-state index contributed by atoms with van der Waals surface area (Å²) in [7, 11) is 0. The van der Waals surface area contributed by atoms with E-state index in [0.29, 0.717) is 0 Å². The first-order chi connectivity index (χ1) is 29.2. The molecule has 1 unspecified atom stereocenters. The monoisotopic (exact) mass is 751 g/mol. The predicted octanol–water partition coefficient (Wildman–Crippen LogP) is 15.8. The SMILES string of the molecule is CC1(c2ccccc2)c2ccccc2-c2ccc(N(c3ccccc3)c3cccc(-c4ccc5c(c4)c(-c4ccccc4)c(-c4ccccc4)c4ccccc45)c3)cc21. The van der Waals surface area contributed by atoms with Crippen LogP contribution in [-0.4, -0.2) is 0 Å². The molecule has 0 aliphatic heterocycles. The van der Waals surface area contributed by atoms with Crippen molar-refractivity contribution in [3.05, 3.63) is 247 Å². The molecule has 0 saturated carbocycles. The molecule has 278 valence electrons. The van der Waals surface area contributed by atoms with Gasteiger partial charge in [0.1, 0.15) is 0 Å². The number of benzene rings is 10. The van der Waals surface area contributed by atoms with Gasteiger partial charge in [-0.3, -0.25) is 0 Å². The molecule has 0 N–H and O–H groups in total. The van der Waals surface area contributed by atoms with Gasteiger partial charge in [-0.2, -0.15) is 0 Å². The van der Waals surface area contributed by atoms with Gasteiger partial charge in [0.25, 0.3) is 0 Å². The number of para-hydroxylation sites is 1. The lowest BCUT2D eigenvalue weighted by molar-refractivity contribution is 0.714. The van der Waals surface area contributed by atoms with Crippen molar-refractivity contribution in [2.75, 3.05) is 4.90 Å². The first-order valence-electron chi connectivity index (χ1n) is 20.5. The molecule has 1 aliphatic carbocycles. The standard InChI is InChI=1S/C58H41N/c1-58(44-24-10-4-11-25-44)54-32-17-16-30-50(54)51-36-34-47(39-55(51)58)59(45-26-12-5-13-27-45)46-28-18-23-42(37-46)43-33-35-49-48-29-14-15-31-52(48)56(40-19-6-2-7-20-40)57(53(49)38-43)41-21-8-3-9-22-41/h2-39H,1H3. The van der Waals surface area contributed by atoms with E-state index >= 15 is 0 Å². The van der Waals surface area contributed by atoms with Gasteiger partial charge in [0.2, 0.25) is 0 Å². The average molecular weight is 752 g/mol. The highest BCUT2D eigenvalue weighted by atomic mass is 15.1. The summed E-state index contributed by atoms with van der Waals surface area (Å²) in [6, 6.07) is 84.5. The first kappa shape index (κ1) is 34.7. The summed E-state index contributed by atoms with van der Waals surface area (Å²) in [5.41, 5.74) is 16.9. The Morgan fingerprint density at radius 3 is 1.54 bits per heavy atom. The molecule has 1 nitrogen and oxygen atoms in total. The van der Waals surface area contributed by atoms with E-state index in [0.717, 1.165) is 17.1 Å². The second-order valence-corrected chi connectivity index (χ2v) is 15.8. The van der Waals surface area contributed by atoms with Gasteiger partial charge in [0.05, 0.1) is 0 Å². The molecule has 1 aliphatic rings. The van der Waals surface area contributed by atoms with Gasteiger partial charge < -0.3 is 4.90 Å². The predicted molar refractivity (Wildman–Crippen MR) is 250 cm³/mol. The van der Waals surface area contributed by atoms with Crippen molar-refractivity contribution in [2.24, 2.45) is 0 Å². The van der Waals surface area contributed by atoms with Crippen molar-refractivity contribution in [3.63, 3.8) is 0 Å². The lowest BCUT2D eigenvalue weighted by Crippen LogP contribution is -2.22. The van der Waals surface area contributed by atoms with E-state index in [4.69, 9.17) is 0 Å². The number of hydrogen-bond acceptors (Lipinski definition) is 1. The Kier molecular flexibility index (Phi) is 8.34. The van der Waals surface area contributed by atoms with Crippen molar-refractivity contribution >= 4 is 38.6 Å². The number of anilines is 3. The highest BCUT2D eigenvalue weighted by Gasteiger charge is 2.41. The molecule has 0 spiro atoms. The Bertz CT molecular complexity index is 3150. The van der Waals surface area contributed by atoms with E-state index in [1.165, 1.54) is 82.7 Å². The van der Waals surface area contributed by atoms with Gasteiger partial charge in [-0.25, -0.2) is 0 Å². The fourth-order valence-corrected chi connectivity index (χ4v) is 9.73. The van der Waals surface area contributed by atoms with E-state index in [1.54, 1.807) is 0 Å². The molecule has 0 fully saturated rings. The number of hydrogen-bond donors (Lipinski definition) is 0. The third-order valence-electron chi connectivity index (χ3n) is 12.5. The summed E-state index contributed by atoms with van der Waals surface area (Å²) in [6.45, 7) is 2.39. The van der Waals surface area contributed by atoms with Gasteiger partial charge in [0, 0.05) is 22.5 Å². The largest absolute Gasteiger partial charge is 0.310 e. The summed E-state index contributed by atoms with van der Waals surface area (Å²) >= 11 is 0. The molecule has 0 radical (unpaired) electrons. The van der Waals surface area contributed by atoms with Crippen molar-refractivity contribution in [1.82, 2.24) is 0 Å². The number of nitrogens with zero attached hydrogens (tertiary/aromatic N) is 1. The maximum absolute atomic E-state index is 2.43. The Morgan fingerprint density at radius 2 is 0.814 bits per heavy atom. The van der Waals surface area contributed by atoms with Crippen LogP contribution in [-0.2, 0) is 5.41 Å². The molecule has 0 heterocycles. The molecule has 10 aromatic rings. The van der Waals surface area contributed by atoms with Crippen molar-refractivity contribution < 1.29 is 0 Å². The van der Waals surface area contributed by atoms with Crippen LogP contribution in [0.15, 0.2) is 231 Å². The van der Waals surface area contributed by atoms with Crippen LogP contribution < -0.4 is 4.90 Å². The van der Waals surface area contributed by atoms with Gasteiger partial charge in [-0.1, -0.05) is 188 Å². The molecule has 0 bridgehead atoms. The Balaban J connectivity index is 1.10. The molecule has 0 aromatic heterocycles. The van der Waals surface area contributed by atoms with Crippen LogP contribution in [0.1, 0.15) is 23.6 Å². The second kappa shape index (κ2) is 14.2. The average Bonchev–Trinajstić information content (AvgIpc) is 3.57. The highest BCUT2D eigenvalue weighted by molar-refractivity contribution is 6.22. The van der Waals surface area contributed by atoms with Gasteiger partial charge in [0.15, 0.2) is 0 Å². The third-order valence-corrected chi connectivity index (χ3v) is 12.5. The minimum absolute atomic E-state index is 0.294. The van der Waals surface area contributed by atoms with Gasteiger partial charge in [-0.05, 0) is 132 Å². The van der Waals surface area contributed by atoms with Crippen LogP contribution in [0, 0.1) is 0 Å². The lowest BCUT2D eigenvalue weighted by Gasteiger charge is -2.31. The van der Waals surface area contributed by atoms with E-state index < -0.39 is 0 Å². The maximum atomic E-state index is 2.43. The molecule has 1 heteroatoms. The quantitative estimate of drug-likeness (QED) is 0.147. The minimum Gasteiger partial charge on any atom is -0.310 e. The van der Waals surface area contributed by atoms with Crippen LogP contribution in [0.5, 0.6) is 0 Å². The highest BCUT2D eigenvalue weighted by Crippen LogP contribution is 2.54. The molecule has 0 saturated heterocycles. The molecule has 59 heavy (non-hydrogen) atoms. The van der Waals surface area contributed by atoms with Crippen LogP contribution in [0.3, 0.4) is 0 Å². The molecule has 1 atom stereocenters. The summed E-state index contributed by atoms with van der Waals surface area (Å²) in [4.78, 5) is 2.41. The normalized spacial score (nSPS) is 14.3. The van der Waals surface area contributed by atoms with Crippen molar-refractivity contribution in [3.8, 4) is 44.5 Å². The minimum atomic E-state index is -0.294. The van der Waals surface area contributed by atoms with E-state index in [1.807, 2.05) is 0 Å². The first-order valence-corrected chi connectivity index (χ1v) is 20.5. The van der Waals surface area contributed by atoms with Gasteiger partial charge in [-0.15, -0.1) is 0 Å². The zero-order valence-electron chi connectivity index (χ0n) is 32.9. The van der Waals surface area contributed by atoms with Crippen molar-refractivity contribution in [1.29, 1.82) is 0 Å². The third kappa shape index (κ3) is 5.69. The summed E-state index contributed by atoms with van der Waals surface area (Å²) in [5.74, 6) is 0. The summed E-state index contributed by atoms with van der Waals surface area (Å²) in [5, 5.41) is 5.03. The van der Waals surface area contributed by atoms with Gasteiger partial charge >= 0.3 is 0 Å². The van der Waals surface area contributed by atoms with Crippen LogP contribution in [0.2, 0.25) is 0 Å².